The van der Waals surface area contributed by atoms with Crippen molar-refractivity contribution in [3.05, 3.63) is 47.5 Å². The van der Waals surface area contributed by atoms with Gasteiger partial charge in [-0.25, -0.2) is 0 Å². The summed E-state index contributed by atoms with van der Waals surface area (Å²) in [7, 11) is 3.99. The SMILES string of the molecule is CCc1cccnc1C(CCc1ccnn1C)NC. The van der Waals surface area contributed by atoms with Crippen LogP contribution in [0.3, 0.4) is 0 Å². The predicted octanol–water partition coefficient (Wildman–Crippen LogP) is 2.27. The van der Waals surface area contributed by atoms with Gasteiger partial charge in [0.2, 0.25) is 0 Å². The van der Waals surface area contributed by atoms with E-state index < -0.39 is 0 Å². The van der Waals surface area contributed by atoms with Crippen molar-refractivity contribution in [3.8, 4) is 0 Å². The fourth-order valence-corrected chi connectivity index (χ4v) is 2.42. The second kappa shape index (κ2) is 6.48. The summed E-state index contributed by atoms with van der Waals surface area (Å²) in [5, 5.41) is 7.59. The molecule has 0 fully saturated rings. The highest BCUT2D eigenvalue weighted by atomic mass is 15.2. The number of hydrogen-bond acceptors (Lipinski definition) is 3. The number of rotatable bonds is 6. The van der Waals surface area contributed by atoms with Crippen molar-refractivity contribution < 1.29 is 0 Å². The largest absolute Gasteiger partial charge is 0.312 e. The van der Waals surface area contributed by atoms with E-state index in [2.05, 4.69) is 34.5 Å². The van der Waals surface area contributed by atoms with Gasteiger partial charge in [0, 0.05) is 31.2 Å². The van der Waals surface area contributed by atoms with E-state index in [4.69, 9.17) is 0 Å². The summed E-state index contributed by atoms with van der Waals surface area (Å²) in [6.45, 7) is 2.17. The molecule has 0 aliphatic rings. The molecule has 0 saturated carbocycles. The van der Waals surface area contributed by atoms with Crippen LogP contribution in [0.1, 0.15) is 36.3 Å². The van der Waals surface area contributed by atoms with E-state index in [1.165, 1.54) is 17.0 Å². The molecule has 0 bridgehead atoms. The summed E-state index contributed by atoms with van der Waals surface area (Å²) < 4.78 is 1.94. The first-order chi connectivity index (χ1) is 9.26. The van der Waals surface area contributed by atoms with Crippen LogP contribution < -0.4 is 5.32 Å². The molecular formula is C15H22N4. The van der Waals surface area contributed by atoms with Crippen molar-refractivity contribution >= 4 is 0 Å². The van der Waals surface area contributed by atoms with Crippen molar-refractivity contribution in [2.24, 2.45) is 7.05 Å². The number of nitrogens with zero attached hydrogens (tertiary/aromatic N) is 3. The molecule has 2 aromatic heterocycles. The molecule has 2 aromatic rings. The van der Waals surface area contributed by atoms with Crippen molar-refractivity contribution in [3.63, 3.8) is 0 Å². The minimum Gasteiger partial charge on any atom is -0.312 e. The molecule has 2 rings (SSSR count). The lowest BCUT2D eigenvalue weighted by molar-refractivity contribution is 0.520. The average Bonchev–Trinajstić information content (AvgIpc) is 2.85. The fourth-order valence-electron chi connectivity index (χ4n) is 2.42. The Morgan fingerprint density at radius 2 is 2.16 bits per heavy atom. The molecule has 0 amide bonds. The summed E-state index contributed by atoms with van der Waals surface area (Å²) in [6.07, 6.45) is 6.78. The summed E-state index contributed by atoms with van der Waals surface area (Å²) in [5.41, 5.74) is 3.76. The molecule has 0 saturated heterocycles. The van der Waals surface area contributed by atoms with Crippen LogP contribution in [0.4, 0.5) is 0 Å². The molecule has 1 atom stereocenters. The maximum Gasteiger partial charge on any atom is 0.0604 e. The highest BCUT2D eigenvalue weighted by Crippen LogP contribution is 2.20. The Labute approximate surface area is 114 Å². The van der Waals surface area contributed by atoms with Gasteiger partial charge in [-0.1, -0.05) is 13.0 Å². The first kappa shape index (κ1) is 13.7. The Kier molecular flexibility index (Phi) is 4.68. The van der Waals surface area contributed by atoms with Gasteiger partial charge >= 0.3 is 0 Å². The minimum atomic E-state index is 0.297. The van der Waals surface area contributed by atoms with Crippen LogP contribution in [-0.4, -0.2) is 21.8 Å². The molecule has 4 heteroatoms. The Bertz CT molecular complexity index is 518. The Morgan fingerprint density at radius 3 is 2.79 bits per heavy atom. The summed E-state index contributed by atoms with van der Waals surface area (Å²) in [4.78, 5) is 4.56. The zero-order chi connectivity index (χ0) is 13.7. The van der Waals surface area contributed by atoms with Gasteiger partial charge < -0.3 is 5.32 Å². The first-order valence-corrected chi connectivity index (χ1v) is 6.84. The number of aromatic nitrogens is 3. The number of nitrogens with one attached hydrogen (secondary N) is 1. The summed E-state index contributed by atoms with van der Waals surface area (Å²) >= 11 is 0. The molecule has 0 aliphatic heterocycles. The van der Waals surface area contributed by atoms with Gasteiger partial charge in [-0.15, -0.1) is 0 Å². The van der Waals surface area contributed by atoms with Crippen LogP contribution in [0.2, 0.25) is 0 Å². The summed E-state index contributed by atoms with van der Waals surface area (Å²) in [6, 6.07) is 6.55. The number of pyridine rings is 1. The van der Waals surface area contributed by atoms with Crippen molar-refractivity contribution in [1.29, 1.82) is 0 Å². The van der Waals surface area contributed by atoms with Crippen molar-refractivity contribution in [2.75, 3.05) is 7.05 Å². The molecule has 102 valence electrons. The zero-order valence-electron chi connectivity index (χ0n) is 11.9. The first-order valence-electron chi connectivity index (χ1n) is 6.84. The quantitative estimate of drug-likeness (QED) is 0.864. The van der Waals surface area contributed by atoms with Crippen LogP contribution in [0.25, 0.3) is 0 Å². The van der Waals surface area contributed by atoms with Crippen LogP contribution in [-0.2, 0) is 19.9 Å². The molecule has 19 heavy (non-hydrogen) atoms. The Balaban J connectivity index is 2.10. The lowest BCUT2D eigenvalue weighted by Gasteiger charge is -2.18. The van der Waals surface area contributed by atoms with E-state index in [0.29, 0.717) is 6.04 Å². The molecule has 0 radical (unpaired) electrons. The number of aryl methyl sites for hydroxylation is 3. The average molecular weight is 258 g/mol. The lowest BCUT2D eigenvalue weighted by atomic mass is 10.0. The van der Waals surface area contributed by atoms with Crippen molar-refractivity contribution in [1.82, 2.24) is 20.1 Å². The molecule has 1 unspecified atom stereocenters. The van der Waals surface area contributed by atoms with E-state index >= 15 is 0 Å². The van der Waals surface area contributed by atoms with Crippen LogP contribution in [0.5, 0.6) is 0 Å². The van der Waals surface area contributed by atoms with E-state index in [-0.39, 0.29) is 0 Å². The highest BCUT2D eigenvalue weighted by molar-refractivity contribution is 5.23. The van der Waals surface area contributed by atoms with Gasteiger partial charge in [0.1, 0.15) is 0 Å². The van der Waals surface area contributed by atoms with Crippen LogP contribution in [0, 0.1) is 0 Å². The highest BCUT2D eigenvalue weighted by Gasteiger charge is 2.14. The third-order valence-corrected chi connectivity index (χ3v) is 3.60. The van der Waals surface area contributed by atoms with Gasteiger partial charge in [-0.2, -0.15) is 5.10 Å². The zero-order valence-corrected chi connectivity index (χ0v) is 11.9. The van der Waals surface area contributed by atoms with Gasteiger partial charge in [0.15, 0.2) is 0 Å². The minimum absolute atomic E-state index is 0.297. The standard InChI is InChI=1S/C15H22N4/c1-4-12-6-5-10-17-15(12)14(16-2)8-7-13-9-11-18-19(13)3/h5-6,9-11,14,16H,4,7-8H2,1-3H3. The monoisotopic (exact) mass is 258 g/mol. The van der Waals surface area contributed by atoms with Crippen molar-refractivity contribution in [2.45, 2.75) is 32.2 Å². The van der Waals surface area contributed by atoms with Crippen LogP contribution in [0.15, 0.2) is 30.6 Å². The Hall–Kier alpha value is -1.68. The maximum atomic E-state index is 4.56. The molecule has 0 spiro atoms. The molecule has 4 nitrogen and oxygen atoms in total. The Morgan fingerprint density at radius 1 is 1.32 bits per heavy atom. The second-order valence-corrected chi connectivity index (χ2v) is 4.73. The topological polar surface area (TPSA) is 42.7 Å². The molecular weight excluding hydrogens is 236 g/mol. The second-order valence-electron chi connectivity index (χ2n) is 4.73. The van der Waals surface area contributed by atoms with E-state index in [1.54, 1.807) is 0 Å². The van der Waals surface area contributed by atoms with E-state index in [0.717, 1.165) is 19.3 Å². The van der Waals surface area contributed by atoms with Gasteiger partial charge in [0.05, 0.1) is 5.69 Å². The third kappa shape index (κ3) is 3.20. The molecule has 1 N–H and O–H groups in total. The van der Waals surface area contributed by atoms with Crippen LogP contribution >= 0.6 is 0 Å². The molecule has 2 heterocycles. The smallest absolute Gasteiger partial charge is 0.0604 e. The third-order valence-electron chi connectivity index (χ3n) is 3.60. The number of hydrogen-bond donors (Lipinski definition) is 1. The molecule has 0 aromatic carbocycles. The summed E-state index contributed by atoms with van der Waals surface area (Å²) in [5.74, 6) is 0. The lowest BCUT2D eigenvalue weighted by Crippen LogP contribution is -2.20. The van der Waals surface area contributed by atoms with E-state index in [9.17, 15) is 0 Å². The fraction of sp³-hybridized carbons (Fsp3) is 0.467. The van der Waals surface area contributed by atoms with Gasteiger partial charge in [-0.3, -0.25) is 9.67 Å². The van der Waals surface area contributed by atoms with Gasteiger partial charge in [0.25, 0.3) is 0 Å². The maximum absolute atomic E-state index is 4.56. The molecule has 0 aliphatic carbocycles. The predicted molar refractivity (Wildman–Crippen MR) is 76.9 cm³/mol. The van der Waals surface area contributed by atoms with E-state index in [1.807, 2.05) is 37.2 Å². The van der Waals surface area contributed by atoms with Gasteiger partial charge in [-0.05, 0) is 44.0 Å². The normalized spacial score (nSPS) is 12.6.